The fraction of sp³-hybridized carbons (Fsp3) is 0.263. The topological polar surface area (TPSA) is 89.9 Å². The number of anilines is 1. The molecule has 0 radical (unpaired) electrons. The van der Waals surface area contributed by atoms with Crippen molar-refractivity contribution >= 4 is 11.7 Å². The summed E-state index contributed by atoms with van der Waals surface area (Å²) in [5.41, 5.74) is 7.33. The lowest BCUT2D eigenvalue weighted by Crippen LogP contribution is -2.43. The molecule has 7 nitrogen and oxygen atoms in total. The van der Waals surface area contributed by atoms with Crippen LogP contribution < -0.4 is 5.73 Å². The van der Waals surface area contributed by atoms with Gasteiger partial charge >= 0.3 is 0 Å². The van der Waals surface area contributed by atoms with Crippen LogP contribution in [-0.4, -0.2) is 37.1 Å². The van der Waals surface area contributed by atoms with Crippen molar-refractivity contribution in [2.45, 2.75) is 25.9 Å². The highest BCUT2D eigenvalue weighted by atomic mass is 16.2. The highest BCUT2D eigenvalue weighted by molar-refractivity contribution is 5.94. The number of carbonyl (C=O) groups is 1. The molecule has 1 aliphatic heterocycles. The van der Waals surface area contributed by atoms with Gasteiger partial charge in [0, 0.05) is 19.2 Å². The van der Waals surface area contributed by atoms with Crippen LogP contribution in [0, 0.1) is 6.92 Å². The van der Waals surface area contributed by atoms with Gasteiger partial charge in [0.05, 0.1) is 18.2 Å². The summed E-state index contributed by atoms with van der Waals surface area (Å²) in [6.07, 6.45) is 2.22. The standard InChI is InChI=1S/C19H20N6O/c1-13-22-18-16(11-14-5-3-2-4-6-14)24(9-10-25(18)23-13)19(26)15-7-8-17(20)21-12-15/h2-8,12,16H,9-11H2,1H3,(H2,20,21)/t16-/m0/s1. The Morgan fingerprint density at radius 2 is 2.00 bits per heavy atom. The Balaban J connectivity index is 1.70. The lowest BCUT2D eigenvalue weighted by atomic mass is 10.0. The number of hydrogen-bond donors (Lipinski definition) is 1. The normalized spacial score (nSPS) is 16.3. The lowest BCUT2D eigenvalue weighted by molar-refractivity contribution is 0.0608. The number of hydrogen-bond acceptors (Lipinski definition) is 5. The summed E-state index contributed by atoms with van der Waals surface area (Å²) in [7, 11) is 0. The minimum atomic E-state index is -0.169. The highest BCUT2D eigenvalue weighted by Gasteiger charge is 2.34. The maximum Gasteiger partial charge on any atom is 0.256 e. The number of benzene rings is 1. The first kappa shape index (κ1) is 16.3. The van der Waals surface area contributed by atoms with Crippen molar-refractivity contribution in [2.75, 3.05) is 12.3 Å². The van der Waals surface area contributed by atoms with Crippen LogP contribution in [0.4, 0.5) is 5.82 Å². The van der Waals surface area contributed by atoms with Crippen LogP contribution in [0.2, 0.25) is 0 Å². The molecule has 3 aromatic rings. The van der Waals surface area contributed by atoms with Gasteiger partial charge in [-0.1, -0.05) is 30.3 Å². The zero-order valence-electron chi connectivity index (χ0n) is 14.5. The van der Waals surface area contributed by atoms with Crippen molar-refractivity contribution in [1.82, 2.24) is 24.6 Å². The van der Waals surface area contributed by atoms with E-state index in [4.69, 9.17) is 5.73 Å². The number of aromatic nitrogens is 4. The van der Waals surface area contributed by atoms with Crippen LogP contribution >= 0.6 is 0 Å². The second kappa shape index (κ2) is 6.59. The summed E-state index contributed by atoms with van der Waals surface area (Å²) in [5.74, 6) is 1.89. The number of amides is 1. The summed E-state index contributed by atoms with van der Waals surface area (Å²) in [5, 5.41) is 4.46. The highest BCUT2D eigenvalue weighted by Crippen LogP contribution is 2.29. The predicted octanol–water partition coefficient (Wildman–Crippen LogP) is 2.00. The minimum absolute atomic E-state index is 0.0645. The second-order valence-corrected chi connectivity index (χ2v) is 6.42. The van der Waals surface area contributed by atoms with E-state index >= 15 is 0 Å². The van der Waals surface area contributed by atoms with Crippen molar-refractivity contribution in [3.63, 3.8) is 0 Å². The Kier molecular flexibility index (Phi) is 4.12. The van der Waals surface area contributed by atoms with Gasteiger partial charge in [0.25, 0.3) is 5.91 Å². The van der Waals surface area contributed by atoms with Crippen molar-refractivity contribution < 1.29 is 4.79 Å². The Labute approximate surface area is 151 Å². The zero-order chi connectivity index (χ0) is 18.1. The molecule has 2 N–H and O–H groups in total. The SMILES string of the molecule is Cc1nc2n(n1)CCN(C(=O)c1ccc(N)nc1)[C@H]2Cc1ccccc1. The molecule has 0 fully saturated rings. The van der Waals surface area contributed by atoms with Gasteiger partial charge in [-0.2, -0.15) is 5.10 Å². The van der Waals surface area contributed by atoms with Crippen molar-refractivity contribution in [3.8, 4) is 0 Å². The fourth-order valence-electron chi connectivity index (χ4n) is 3.36. The molecule has 1 aromatic carbocycles. The van der Waals surface area contributed by atoms with Gasteiger partial charge in [-0.3, -0.25) is 4.79 Å². The van der Waals surface area contributed by atoms with E-state index in [-0.39, 0.29) is 11.9 Å². The van der Waals surface area contributed by atoms with Crippen LogP contribution in [0.25, 0.3) is 0 Å². The molecule has 1 aliphatic rings. The largest absolute Gasteiger partial charge is 0.384 e. The van der Waals surface area contributed by atoms with Gasteiger partial charge in [-0.05, 0) is 24.6 Å². The van der Waals surface area contributed by atoms with Gasteiger partial charge in [-0.25, -0.2) is 14.6 Å². The van der Waals surface area contributed by atoms with Crippen LogP contribution in [0.15, 0.2) is 48.7 Å². The number of nitrogen functional groups attached to an aromatic ring is 1. The summed E-state index contributed by atoms with van der Waals surface area (Å²) >= 11 is 0. The predicted molar refractivity (Wildman–Crippen MR) is 97.3 cm³/mol. The second-order valence-electron chi connectivity index (χ2n) is 6.42. The van der Waals surface area contributed by atoms with Gasteiger partial charge in [0.15, 0.2) is 0 Å². The van der Waals surface area contributed by atoms with Gasteiger partial charge < -0.3 is 10.6 Å². The molecule has 0 bridgehead atoms. The molecule has 0 aliphatic carbocycles. The van der Waals surface area contributed by atoms with Crippen molar-refractivity contribution in [1.29, 1.82) is 0 Å². The Morgan fingerprint density at radius 3 is 2.73 bits per heavy atom. The van der Waals surface area contributed by atoms with E-state index in [1.807, 2.05) is 34.7 Å². The van der Waals surface area contributed by atoms with Crippen molar-refractivity contribution in [3.05, 3.63) is 71.4 Å². The number of rotatable bonds is 3. The van der Waals surface area contributed by atoms with E-state index in [0.29, 0.717) is 30.9 Å². The van der Waals surface area contributed by atoms with Crippen LogP contribution in [-0.2, 0) is 13.0 Å². The smallest absolute Gasteiger partial charge is 0.256 e. The summed E-state index contributed by atoms with van der Waals surface area (Å²) in [6, 6.07) is 13.3. The maximum atomic E-state index is 13.1. The monoisotopic (exact) mass is 348 g/mol. The molecule has 132 valence electrons. The quantitative estimate of drug-likeness (QED) is 0.782. The first-order valence-corrected chi connectivity index (χ1v) is 8.59. The summed E-state index contributed by atoms with van der Waals surface area (Å²) in [6.45, 7) is 3.09. The van der Waals surface area contributed by atoms with Gasteiger partial charge in [-0.15, -0.1) is 0 Å². The summed E-state index contributed by atoms with van der Waals surface area (Å²) in [4.78, 5) is 23.6. The average molecular weight is 348 g/mol. The molecule has 4 rings (SSSR count). The van der Waals surface area contributed by atoms with E-state index in [2.05, 4.69) is 27.2 Å². The van der Waals surface area contributed by atoms with Gasteiger partial charge in [0.2, 0.25) is 0 Å². The molecule has 0 unspecified atom stereocenters. The van der Waals surface area contributed by atoms with Crippen LogP contribution in [0.1, 0.15) is 33.6 Å². The Morgan fingerprint density at radius 1 is 1.19 bits per heavy atom. The molecule has 3 heterocycles. The molecular formula is C19H20N6O. The summed E-state index contributed by atoms with van der Waals surface area (Å²) < 4.78 is 1.91. The Hall–Kier alpha value is -3.22. The van der Waals surface area contributed by atoms with E-state index in [1.165, 1.54) is 6.20 Å². The zero-order valence-corrected chi connectivity index (χ0v) is 14.5. The lowest BCUT2D eigenvalue weighted by Gasteiger charge is -2.35. The first-order chi connectivity index (χ1) is 12.6. The molecule has 7 heteroatoms. The maximum absolute atomic E-state index is 13.1. The number of nitrogens with two attached hydrogens (primary N) is 1. The first-order valence-electron chi connectivity index (χ1n) is 8.59. The number of fused-ring (bicyclic) bond motifs is 1. The number of carbonyl (C=O) groups excluding carboxylic acids is 1. The van der Waals surface area contributed by atoms with Crippen LogP contribution in [0.3, 0.4) is 0 Å². The fourth-order valence-corrected chi connectivity index (χ4v) is 3.36. The number of pyridine rings is 1. The Bertz CT molecular complexity index is 919. The van der Waals surface area contributed by atoms with E-state index in [1.54, 1.807) is 12.1 Å². The molecule has 1 amide bonds. The third kappa shape index (κ3) is 3.03. The molecule has 26 heavy (non-hydrogen) atoms. The van der Waals surface area contributed by atoms with E-state index in [9.17, 15) is 4.79 Å². The molecule has 0 spiro atoms. The van der Waals surface area contributed by atoms with Crippen LogP contribution in [0.5, 0.6) is 0 Å². The third-order valence-electron chi connectivity index (χ3n) is 4.60. The number of nitrogens with zero attached hydrogens (tertiary/aromatic N) is 5. The molecular weight excluding hydrogens is 328 g/mol. The van der Waals surface area contributed by atoms with E-state index < -0.39 is 0 Å². The molecule has 2 aromatic heterocycles. The number of aryl methyl sites for hydroxylation is 1. The van der Waals surface area contributed by atoms with Gasteiger partial charge in [0.1, 0.15) is 17.5 Å². The minimum Gasteiger partial charge on any atom is -0.384 e. The molecule has 0 saturated carbocycles. The average Bonchev–Trinajstić information content (AvgIpc) is 3.04. The third-order valence-corrected chi connectivity index (χ3v) is 4.60. The molecule has 1 atom stereocenters. The molecule has 0 saturated heterocycles. The van der Waals surface area contributed by atoms with Crippen molar-refractivity contribution in [2.24, 2.45) is 0 Å². The van der Waals surface area contributed by atoms with E-state index in [0.717, 1.165) is 17.2 Å².